The van der Waals surface area contributed by atoms with Gasteiger partial charge in [-0.25, -0.2) is 4.79 Å². The summed E-state index contributed by atoms with van der Waals surface area (Å²) in [4.78, 5) is 12.0. The van der Waals surface area contributed by atoms with E-state index in [9.17, 15) is 4.79 Å². The number of aromatic nitrogens is 1. The van der Waals surface area contributed by atoms with Crippen molar-refractivity contribution in [2.45, 2.75) is 53.2 Å². The van der Waals surface area contributed by atoms with Gasteiger partial charge in [-0.1, -0.05) is 20.8 Å². The first-order valence-corrected chi connectivity index (χ1v) is 6.60. The molecule has 0 fully saturated rings. The van der Waals surface area contributed by atoms with Gasteiger partial charge in [0.2, 0.25) is 0 Å². The van der Waals surface area contributed by atoms with E-state index in [1.807, 2.05) is 11.5 Å². The predicted molar refractivity (Wildman–Crippen MR) is 73.5 cm³/mol. The summed E-state index contributed by atoms with van der Waals surface area (Å²) in [5.74, 6) is 0.230. The summed E-state index contributed by atoms with van der Waals surface area (Å²) in [5, 5.41) is 0. The van der Waals surface area contributed by atoms with E-state index in [0.717, 1.165) is 19.4 Å². The fourth-order valence-electron chi connectivity index (χ4n) is 2.08. The zero-order chi connectivity index (χ0) is 13.7. The number of nitrogens with zero attached hydrogens (tertiary/aromatic N) is 1. The highest BCUT2D eigenvalue weighted by Crippen LogP contribution is 2.15. The minimum atomic E-state index is -0.284. The molecule has 1 aromatic rings. The van der Waals surface area contributed by atoms with Crippen LogP contribution in [0.2, 0.25) is 0 Å². The highest BCUT2D eigenvalue weighted by atomic mass is 16.5. The zero-order valence-electron chi connectivity index (χ0n) is 11.8. The van der Waals surface area contributed by atoms with Crippen LogP contribution in [0, 0.1) is 5.92 Å². The van der Waals surface area contributed by atoms with Crippen molar-refractivity contribution in [3.05, 3.63) is 18.0 Å². The summed E-state index contributed by atoms with van der Waals surface area (Å²) in [5.41, 5.74) is 6.88. The Morgan fingerprint density at radius 2 is 2.11 bits per heavy atom. The van der Waals surface area contributed by atoms with Crippen LogP contribution < -0.4 is 5.73 Å². The Hall–Kier alpha value is -1.45. The molecule has 0 aliphatic carbocycles. The summed E-state index contributed by atoms with van der Waals surface area (Å²) in [7, 11) is 0. The van der Waals surface area contributed by atoms with Crippen molar-refractivity contribution in [1.29, 1.82) is 0 Å². The molecule has 4 heteroatoms. The molecule has 0 aromatic carbocycles. The maximum Gasteiger partial charge on any atom is 0.355 e. The van der Waals surface area contributed by atoms with Gasteiger partial charge in [-0.2, -0.15) is 0 Å². The molecule has 0 aliphatic rings. The van der Waals surface area contributed by atoms with Gasteiger partial charge in [-0.05, 0) is 31.7 Å². The Kier molecular flexibility index (Phi) is 5.25. The Morgan fingerprint density at radius 1 is 1.44 bits per heavy atom. The summed E-state index contributed by atoms with van der Waals surface area (Å²) >= 11 is 0. The number of nitrogens with two attached hydrogens (primary N) is 1. The van der Waals surface area contributed by atoms with Crippen LogP contribution in [0.5, 0.6) is 0 Å². The number of carbonyl (C=O) groups excluding carboxylic acids is 1. The molecule has 0 amide bonds. The molecular weight excluding hydrogens is 228 g/mol. The highest BCUT2D eigenvalue weighted by molar-refractivity contribution is 5.89. The molecule has 0 radical (unpaired) electrons. The molecule has 0 saturated carbocycles. The smallest absolute Gasteiger partial charge is 0.355 e. The number of ether oxygens (including phenoxy) is 1. The lowest BCUT2D eigenvalue weighted by Gasteiger charge is -2.15. The molecule has 1 aromatic heterocycles. The maximum absolute atomic E-state index is 12.0. The molecule has 1 rings (SSSR count). The van der Waals surface area contributed by atoms with Gasteiger partial charge in [-0.3, -0.25) is 0 Å². The average molecular weight is 252 g/mol. The van der Waals surface area contributed by atoms with Crippen molar-refractivity contribution >= 4 is 11.7 Å². The van der Waals surface area contributed by atoms with E-state index in [-0.39, 0.29) is 12.1 Å². The minimum Gasteiger partial charge on any atom is -0.458 e. The van der Waals surface area contributed by atoms with Crippen molar-refractivity contribution in [2.75, 3.05) is 5.73 Å². The fourth-order valence-corrected chi connectivity index (χ4v) is 2.08. The third kappa shape index (κ3) is 4.09. The summed E-state index contributed by atoms with van der Waals surface area (Å²) in [6.45, 7) is 8.99. The van der Waals surface area contributed by atoms with Gasteiger partial charge >= 0.3 is 5.97 Å². The first kappa shape index (κ1) is 14.6. The third-order valence-electron chi connectivity index (χ3n) is 2.70. The standard InChI is InChI=1S/C14H24N2O2/c1-5-6-16-9-12(15)8-13(16)14(17)18-11(4)7-10(2)3/h8-11H,5-7,15H2,1-4H3. The molecule has 18 heavy (non-hydrogen) atoms. The summed E-state index contributed by atoms with van der Waals surface area (Å²) in [6.07, 6.45) is 3.54. The number of hydrogen-bond acceptors (Lipinski definition) is 3. The number of rotatable bonds is 6. The molecule has 102 valence electrons. The van der Waals surface area contributed by atoms with E-state index in [2.05, 4.69) is 20.8 Å². The normalized spacial score (nSPS) is 12.7. The van der Waals surface area contributed by atoms with Gasteiger partial charge in [0.15, 0.2) is 0 Å². The second-order valence-corrected chi connectivity index (χ2v) is 5.20. The number of nitrogen functional groups attached to an aromatic ring is 1. The maximum atomic E-state index is 12.0. The Balaban J connectivity index is 2.71. The van der Waals surface area contributed by atoms with Gasteiger partial charge in [0.1, 0.15) is 5.69 Å². The predicted octanol–water partition coefficient (Wildman–Crippen LogP) is 3.07. The monoisotopic (exact) mass is 252 g/mol. The molecular formula is C14H24N2O2. The van der Waals surface area contributed by atoms with E-state index in [1.165, 1.54) is 0 Å². The molecule has 2 N–H and O–H groups in total. The van der Waals surface area contributed by atoms with Gasteiger partial charge in [0, 0.05) is 12.7 Å². The van der Waals surface area contributed by atoms with Crippen LogP contribution in [0.15, 0.2) is 12.3 Å². The van der Waals surface area contributed by atoms with Crippen molar-refractivity contribution in [3.8, 4) is 0 Å². The van der Waals surface area contributed by atoms with Crippen molar-refractivity contribution in [1.82, 2.24) is 4.57 Å². The Labute approximate surface area is 109 Å². The van der Waals surface area contributed by atoms with E-state index in [0.29, 0.717) is 17.3 Å². The lowest BCUT2D eigenvalue weighted by Crippen LogP contribution is -2.19. The Bertz CT molecular complexity index is 396. The van der Waals surface area contributed by atoms with E-state index in [1.54, 1.807) is 12.3 Å². The van der Waals surface area contributed by atoms with E-state index in [4.69, 9.17) is 10.5 Å². The second-order valence-electron chi connectivity index (χ2n) is 5.20. The quantitative estimate of drug-likeness (QED) is 0.791. The minimum absolute atomic E-state index is 0.0660. The SMILES string of the molecule is CCCn1cc(N)cc1C(=O)OC(C)CC(C)C. The van der Waals surface area contributed by atoms with Crippen molar-refractivity contribution in [3.63, 3.8) is 0 Å². The first-order chi connectivity index (χ1) is 8.43. The van der Waals surface area contributed by atoms with E-state index >= 15 is 0 Å². The molecule has 4 nitrogen and oxygen atoms in total. The first-order valence-electron chi connectivity index (χ1n) is 6.60. The van der Waals surface area contributed by atoms with Crippen LogP contribution in [0.25, 0.3) is 0 Å². The molecule has 1 unspecified atom stereocenters. The lowest BCUT2D eigenvalue weighted by atomic mass is 10.1. The van der Waals surface area contributed by atoms with Crippen LogP contribution in [-0.4, -0.2) is 16.6 Å². The molecule has 1 atom stereocenters. The largest absolute Gasteiger partial charge is 0.458 e. The number of esters is 1. The number of hydrogen-bond donors (Lipinski definition) is 1. The molecule has 0 spiro atoms. The fraction of sp³-hybridized carbons (Fsp3) is 0.643. The van der Waals surface area contributed by atoms with Crippen LogP contribution >= 0.6 is 0 Å². The number of aryl methyl sites for hydroxylation is 1. The van der Waals surface area contributed by atoms with Crippen molar-refractivity contribution < 1.29 is 9.53 Å². The topological polar surface area (TPSA) is 57.2 Å². The van der Waals surface area contributed by atoms with Gasteiger partial charge in [-0.15, -0.1) is 0 Å². The molecule has 0 aliphatic heterocycles. The average Bonchev–Trinajstić information content (AvgIpc) is 2.58. The van der Waals surface area contributed by atoms with Crippen LogP contribution in [-0.2, 0) is 11.3 Å². The summed E-state index contributed by atoms with van der Waals surface area (Å²) in [6, 6.07) is 1.68. The van der Waals surface area contributed by atoms with Gasteiger partial charge in [0.25, 0.3) is 0 Å². The van der Waals surface area contributed by atoms with Gasteiger partial charge < -0.3 is 15.0 Å². The highest BCUT2D eigenvalue weighted by Gasteiger charge is 2.17. The molecule has 0 bridgehead atoms. The van der Waals surface area contributed by atoms with Crippen LogP contribution in [0.3, 0.4) is 0 Å². The van der Waals surface area contributed by atoms with E-state index < -0.39 is 0 Å². The zero-order valence-corrected chi connectivity index (χ0v) is 11.8. The van der Waals surface area contributed by atoms with Gasteiger partial charge in [0.05, 0.1) is 11.8 Å². The van der Waals surface area contributed by atoms with Crippen molar-refractivity contribution in [2.24, 2.45) is 5.92 Å². The molecule has 1 heterocycles. The summed E-state index contributed by atoms with van der Waals surface area (Å²) < 4.78 is 7.29. The Morgan fingerprint density at radius 3 is 2.67 bits per heavy atom. The lowest BCUT2D eigenvalue weighted by molar-refractivity contribution is 0.0287. The number of carbonyl (C=O) groups is 1. The second kappa shape index (κ2) is 6.47. The van der Waals surface area contributed by atoms with Crippen LogP contribution in [0.4, 0.5) is 5.69 Å². The third-order valence-corrected chi connectivity index (χ3v) is 2.70. The molecule has 0 saturated heterocycles. The number of anilines is 1. The van der Waals surface area contributed by atoms with Crippen LogP contribution in [0.1, 0.15) is 51.0 Å².